The summed E-state index contributed by atoms with van der Waals surface area (Å²) in [5, 5.41) is 3.11. The Morgan fingerprint density at radius 1 is 1.25 bits per heavy atom. The zero-order chi connectivity index (χ0) is 20.5. The summed E-state index contributed by atoms with van der Waals surface area (Å²) in [6.45, 7) is -0.363. The Hall–Kier alpha value is -2.20. The fourth-order valence-electron chi connectivity index (χ4n) is 2.68. The normalized spacial score (nSPS) is 11.9. The molecule has 10 heteroatoms. The van der Waals surface area contributed by atoms with Crippen molar-refractivity contribution in [2.75, 3.05) is 18.1 Å². The Labute approximate surface area is 171 Å². The molecule has 0 fully saturated rings. The summed E-state index contributed by atoms with van der Waals surface area (Å²) in [5.74, 6) is -0.486. The molecule has 0 bridgehead atoms. The van der Waals surface area contributed by atoms with Crippen LogP contribution in [0, 0.1) is 0 Å². The molecule has 0 spiro atoms. The van der Waals surface area contributed by atoms with Crippen molar-refractivity contribution < 1.29 is 13.2 Å². The summed E-state index contributed by atoms with van der Waals surface area (Å²) in [6, 6.07) is 12.0. The van der Waals surface area contributed by atoms with Gasteiger partial charge in [0.05, 0.1) is 23.0 Å². The summed E-state index contributed by atoms with van der Waals surface area (Å²) in [7, 11) is -1.95. The lowest BCUT2D eigenvalue weighted by atomic mass is 10.2. The largest absolute Gasteiger partial charge is 0.325 e. The number of nitrogens with zero attached hydrogens (tertiary/aromatic N) is 2. The third kappa shape index (κ3) is 4.61. The standard InChI is InChI=1S/C18H18ClN3O4S2/c1-21-15-8-7-13(9-16(15)27-18(21)24)20-17(23)11-22(28(2,25)26)10-12-5-3-4-6-14(12)19/h3-9H,10-11H2,1-2H3,(H,20,23). The quantitative estimate of drug-likeness (QED) is 0.639. The van der Waals surface area contributed by atoms with E-state index in [1.54, 1.807) is 49.5 Å². The van der Waals surface area contributed by atoms with Crippen LogP contribution in [0.1, 0.15) is 5.56 Å². The Morgan fingerprint density at radius 3 is 2.64 bits per heavy atom. The van der Waals surface area contributed by atoms with Crippen LogP contribution in [-0.4, -0.2) is 36.0 Å². The maximum absolute atomic E-state index is 12.4. The van der Waals surface area contributed by atoms with Crippen molar-refractivity contribution >= 4 is 54.8 Å². The number of carbonyl (C=O) groups excluding carboxylic acids is 1. The van der Waals surface area contributed by atoms with Crippen molar-refractivity contribution in [2.24, 2.45) is 7.05 Å². The average Bonchev–Trinajstić information content (AvgIpc) is 2.89. The fraction of sp³-hybridized carbons (Fsp3) is 0.222. The van der Waals surface area contributed by atoms with Gasteiger partial charge in [0.15, 0.2) is 0 Å². The molecule has 0 aliphatic carbocycles. The van der Waals surface area contributed by atoms with Crippen molar-refractivity contribution in [3.8, 4) is 0 Å². The molecular weight excluding hydrogens is 422 g/mol. The molecule has 1 N–H and O–H groups in total. The van der Waals surface area contributed by atoms with Crippen molar-refractivity contribution in [1.29, 1.82) is 0 Å². The minimum Gasteiger partial charge on any atom is -0.325 e. The first-order chi connectivity index (χ1) is 13.1. The SMILES string of the molecule is Cn1c(=O)sc2cc(NC(=O)CN(Cc3ccccc3Cl)S(C)(=O)=O)ccc21. The van der Waals surface area contributed by atoms with Gasteiger partial charge in [-0.2, -0.15) is 4.31 Å². The van der Waals surface area contributed by atoms with Gasteiger partial charge in [-0.25, -0.2) is 8.42 Å². The number of carbonyl (C=O) groups is 1. The zero-order valence-electron chi connectivity index (χ0n) is 15.2. The molecular formula is C18H18ClN3O4S2. The van der Waals surface area contributed by atoms with Crippen LogP contribution in [-0.2, 0) is 28.4 Å². The Bertz CT molecular complexity index is 1200. The van der Waals surface area contributed by atoms with Gasteiger partial charge in [-0.05, 0) is 29.8 Å². The monoisotopic (exact) mass is 439 g/mol. The highest BCUT2D eigenvalue weighted by Gasteiger charge is 2.21. The third-order valence-electron chi connectivity index (χ3n) is 4.17. The molecule has 148 valence electrons. The van der Waals surface area contributed by atoms with Gasteiger partial charge in [0.25, 0.3) is 0 Å². The van der Waals surface area contributed by atoms with E-state index in [1.165, 1.54) is 4.57 Å². The highest BCUT2D eigenvalue weighted by molar-refractivity contribution is 7.88. The van der Waals surface area contributed by atoms with Crippen molar-refractivity contribution in [3.05, 3.63) is 62.7 Å². The van der Waals surface area contributed by atoms with Crippen LogP contribution in [0.25, 0.3) is 10.2 Å². The third-order valence-corrected chi connectivity index (χ3v) is 6.73. The van der Waals surface area contributed by atoms with Gasteiger partial charge in [0, 0.05) is 24.3 Å². The van der Waals surface area contributed by atoms with Crippen LogP contribution in [0.2, 0.25) is 5.02 Å². The Morgan fingerprint density at radius 2 is 1.96 bits per heavy atom. The number of aromatic nitrogens is 1. The van der Waals surface area contributed by atoms with Gasteiger partial charge in [-0.3, -0.25) is 9.59 Å². The van der Waals surface area contributed by atoms with Crippen LogP contribution in [0.4, 0.5) is 5.69 Å². The molecule has 1 amide bonds. The number of anilines is 1. The average molecular weight is 440 g/mol. The maximum atomic E-state index is 12.4. The second-order valence-electron chi connectivity index (χ2n) is 6.28. The Balaban J connectivity index is 1.77. The molecule has 1 aromatic heterocycles. The molecule has 3 aromatic rings. The number of aryl methyl sites for hydroxylation is 1. The Kier molecular flexibility index (Phi) is 5.90. The van der Waals surface area contributed by atoms with Gasteiger partial charge in [-0.15, -0.1) is 0 Å². The van der Waals surface area contributed by atoms with Crippen molar-refractivity contribution in [2.45, 2.75) is 6.54 Å². The summed E-state index contributed by atoms with van der Waals surface area (Å²) < 4.78 is 27.6. The topological polar surface area (TPSA) is 88.5 Å². The van der Waals surface area contributed by atoms with Gasteiger partial charge >= 0.3 is 4.87 Å². The van der Waals surface area contributed by atoms with E-state index in [0.29, 0.717) is 16.3 Å². The van der Waals surface area contributed by atoms with Gasteiger partial charge in [0.1, 0.15) is 0 Å². The lowest BCUT2D eigenvalue weighted by Gasteiger charge is -2.20. The zero-order valence-corrected chi connectivity index (χ0v) is 17.6. The molecule has 2 aromatic carbocycles. The molecule has 7 nitrogen and oxygen atoms in total. The molecule has 28 heavy (non-hydrogen) atoms. The maximum Gasteiger partial charge on any atom is 0.307 e. The molecule has 3 rings (SSSR count). The van der Waals surface area contributed by atoms with E-state index in [2.05, 4.69) is 5.32 Å². The van der Waals surface area contributed by atoms with Crippen LogP contribution in [0.5, 0.6) is 0 Å². The second-order valence-corrected chi connectivity index (χ2v) is 9.66. The number of amides is 1. The number of hydrogen-bond acceptors (Lipinski definition) is 5. The first-order valence-corrected chi connectivity index (χ1v) is 11.3. The molecule has 1 heterocycles. The minimum atomic E-state index is -3.63. The van der Waals surface area contributed by atoms with E-state index >= 15 is 0 Å². The predicted octanol–water partition coefficient (Wildman–Crippen LogP) is 2.65. The summed E-state index contributed by atoms with van der Waals surface area (Å²) in [6.07, 6.45) is 1.05. The van der Waals surface area contributed by atoms with Gasteiger partial charge in [-0.1, -0.05) is 41.1 Å². The molecule has 0 radical (unpaired) electrons. The smallest absolute Gasteiger partial charge is 0.307 e. The highest BCUT2D eigenvalue weighted by atomic mass is 35.5. The van der Waals surface area contributed by atoms with Crippen LogP contribution in [0.3, 0.4) is 0 Å². The molecule has 0 saturated heterocycles. The van der Waals surface area contributed by atoms with Crippen LogP contribution < -0.4 is 10.2 Å². The van der Waals surface area contributed by atoms with E-state index in [-0.39, 0.29) is 18.0 Å². The van der Waals surface area contributed by atoms with Gasteiger partial charge in [0.2, 0.25) is 15.9 Å². The minimum absolute atomic E-state index is 0.00867. The molecule has 0 atom stereocenters. The lowest BCUT2D eigenvalue weighted by molar-refractivity contribution is -0.116. The van der Waals surface area contributed by atoms with E-state index in [1.807, 2.05) is 0 Å². The number of nitrogens with one attached hydrogen (secondary N) is 1. The van der Waals surface area contributed by atoms with Gasteiger partial charge < -0.3 is 9.88 Å². The second kappa shape index (κ2) is 8.04. The number of sulfonamides is 1. The summed E-state index contributed by atoms with van der Waals surface area (Å²) in [5.41, 5.74) is 1.87. The van der Waals surface area contributed by atoms with E-state index in [4.69, 9.17) is 11.6 Å². The number of fused-ring (bicyclic) bond motifs is 1. The first kappa shape index (κ1) is 20.5. The van der Waals surface area contributed by atoms with E-state index < -0.39 is 15.9 Å². The number of thiazole rings is 1. The summed E-state index contributed by atoms with van der Waals surface area (Å²) >= 11 is 7.18. The number of halogens is 1. The molecule has 0 unspecified atom stereocenters. The van der Waals surface area contributed by atoms with Crippen LogP contribution >= 0.6 is 22.9 Å². The fourth-order valence-corrected chi connectivity index (χ4v) is 4.52. The first-order valence-electron chi connectivity index (χ1n) is 8.23. The molecule has 0 aliphatic heterocycles. The number of rotatable bonds is 6. The number of benzene rings is 2. The lowest BCUT2D eigenvalue weighted by Crippen LogP contribution is -2.37. The van der Waals surface area contributed by atoms with Crippen molar-refractivity contribution in [1.82, 2.24) is 8.87 Å². The molecule has 0 aliphatic rings. The summed E-state index contributed by atoms with van der Waals surface area (Å²) in [4.78, 5) is 24.1. The number of hydrogen-bond donors (Lipinski definition) is 1. The molecule has 0 saturated carbocycles. The van der Waals surface area contributed by atoms with Crippen molar-refractivity contribution in [3.63, 3.8) is 0 Å². The predicted molar refractivity (Wildman–Crippen MR) is 112 cm³/mol. The van der Waals surface area contributed by atoms with E-state index in [9.17, 15) is 18.0 Å². The highest BCUT2D eigenvalue weighted by Crippen LogP contribution is 2.22. The van der Waals surface area contributed by atoms with E-state index in [0.717, 1.165) is 32.1 Å². The van der Waals surface area contributed by atoms with Crippen LogP contribution in [0.15, 0.2) is 47.3 Å².